The second kappa shape index (κ2) is 6.18. The lowest BCUT2D eigenvalue weighted by atomic mass is 9.91. The minimum atomic E-state index is -1.24. The van der Waals surface area contributed by atoms with Crippen molar-refractivity contribution < 1.29 is 14.1 Å². The molecule has 1 aliphatic carbocycles. The predicted octanol–water partition coefficient (Wildman–Crippen LogP) is 3.83. The molecule has 1 fully saturated rings. The third kappa shape index (κ3) is 3.45. The van der Waals surface area contributed by atoms with Gasteiger partial charge in [-0.15, -0.1) is 0 Å². The molecule has 0 radical (unpaired) electrons. The van der Waals surface area contributed by atoms with Gasteiger partial charge in [-0.1, -0.05) is 35.7 Å². The van der Waals surface area contributed by atoms with Crippen LogP contribution in [0.4, 0.5) is 0 Å². The van der Waals surface area contributed by atoms with Gasteiger partial charge in [-0.3, -0.25) is 4.21 Å². The van der Waals surface area contributed by atoms with Gasteiger partial charge in [-0.2, -0.15) is 0 Å². The van der Waals surface area contributed by atoms with Crippen LogP contribution in [-0.4, -0.2) is 20.5 Å². The van der Waals surface area contributed by atoms with Gasteiger partial charge in [0.1, 0.15) is 0 Å². The normalized spacial score (nSPS) is 24.9. The van der Waals surface area contributed by atoms with Crippen molar-refractivity contribution in [1.82, 2.24) is 0 Å². The molecule has 2 rings (SSSR count). The molecule has 19 heavy (non-hydrogen) atoms. The van der Waals surface area contributed by atoms with Crippen molar-refractivity contribution in [1.29, 1.82) is 0 Å². The van der Waals surface area contributed by atoms with Crippen LogP contribution in [0.25, 0.3) is 0 Å². The molecule has 3 unspecified atom stereocenters. The summed E-state index contributed by atoms with van der Waals surface area (Å²) in [6, 6.07) is 4.87. The molecule has 0 heterocycles. The highest BCUT2D eigenvalue weighted by Crippen LogP contribution is 2.31. The molecule has 0 amide bonds. The summed E-state index contributed by atoms with van der Waals surface area (Å²) in [5.74, 6) is -0.442. The van der Waals surface area contributed by atoms with Crippen LogP contribution in [0.15, 0.2) is 27.6 Å². The van der Waals surface area contributed by atoms with Crippen LogP contribution in [0, 0.1) is 5.92 Å². The lowest BCUT2D eigenvalue weighted by Gasteiger charge is -2.26. The van der Waals surface area contributed by atoms with Gasteiger partial charge >= 0.3 is 5.97 Å². The number of rotatable bonds is 3. The van der Waals surface area contributed by atoms with Gasteiger partial charge in [0.05, 0.1) is 21.3 Å². The minimum absolute atomic E-state index is 0.0798. The molecule has 1 aromatic carbocycles. The summed E-state index contributed by atoms with van der Waals surface area (Å²) in [4.78, 5) is 11.7. The van der Waals surface area contributed by atoms with Crippen molar-refractivity contribution in [2.45, 2.75) is 42.8 Å². The second-order valence-corrected chi connectivity index (χ2v) is 7.75. The smallest absolute Gasteiger partial charge is 0.336 e. The number of carboxylic acids is 1. The highest BCUT2D eigenvalue weighted by atomic mass is 79.9. The first-order chi connectivity index (χ1) is 8.99. The Kier molecular flexibility index (Phi) is 4.79. The fourth-order valence-electron chi connectivity index (χ4n) is 2.59. The van der Waals surface area contributed by atoms with Crippen LogP contribution in [0.3, 0.4) is 0 Å². The Bertz CT molecular complexity index is 515. The fourth-order valence-corrected chi connectivity index (χ4v) is 4.96. The van der Waals surface area contributed by atoms with Crippen LogP contribution in [0.1, 0.15) is 43.0 Å². The Balaban J connectivity index is 2.32. The number of carbonyl (C=O) groups is 1. The lowest BCUT2D eigenvalue weighted by molar-refractivity contribution is 0.0693. The Morgan fingerprint density at radius 1 is 1.42 bits per heavy atom. The summed E-state index contributed by atoms with van der Waals surface area (Å²) in [7, 11) is -1.24. The van der Waals surface area contributed by atoms with Gasteiger partial charge in [-0.25, -0.2) is 4.79 Å². The van der Waals surface area contributed by atoms with E-state index >= 15 is 0 Å². The van der Waals surface area contributed by atoms with Crippen LogP contribution < -0.4 is 0 Å². The molecule has 0 saturated heterocycles. The minimum Gasteiger partial charge on any atom is -0.478 e. The zero-order valence-corrected chi connectivity index (χ0v) is 13.2. The Hall–Kier alpha value is -0.680. The molecule has 104 valence electrons. The number of hydrogen-bond acceptors (Lipinski definition) is 2. The molecule has 0 aliphatic heterocycles. The van der Waals surface area contributed by atoms with Gasteiger partial charge in [-0.05, 0) is 37.0 Å². The van der Waals surface area contributed by atoms with E-state index in [0.717, 1.165) is 23.7 Å². The quantitative estimate of drug-likeness (QED) is 0.906. The molecular weight excluding hydrogens is 328 g/mol. The van der Waals surface area contributed by atoms with Crippen molar-refractivity contribution in [3.05, 3.63) is 28.2 Å². The Labute approximate surface area is 124 Å². The topological polar surface area (TPSA) is 54.4 Å². The number of hydrogen-bond donors (Lipinski definition) is 1. The van der Waals surface area contributed by atoms with Gasteiger partial charge in [0.25, 0.3) is 0 Å². The van der Waals surface area contributed by atoms with E-state index in [2.05, 4.69) is 22.9 Å². The molecule has 1 saturated carbocycles. The van der Waals surface area contributed by atoms with Crippen LogP contribution >= 0.6 is 15.9 Å². The van der Waals surface area contributed by atoms with Crippen molar-refractivity contribution in [2.75, 3.05) is 0 Å². The first-order valence-corrected chi connectivity index (χ1v) is 8.43. The average Bonchev–Trinajstić information content (AvgIpc) is 2.37. The number of halogens is 1. The molecule has 1 aromatic rings. The summed E-state index contributed by atoms with van der Waals surface area (Å²) >= 11 is 3.32. The van der Waals surface area contributed by atoms with E-state index in [1.807, 2.05) is 0 Å². The van der Waals surface area contributed by atoms with E-state index in [1.54, 1.807) is 12.1 Å². The highest BCUT2D eigenvalue weighted by Gasteiger charge is 2.27. The van der Waals surface area contributed by atoms with E-state index in [-0.39, 0.29) is 10.8 Å². The largest absolute Gasteiger partial charge is 0.478 e. The molecule has 5 heteroatoms. The maximum absolute atomic E-state index is 12.6. The van der Waals surface area contributed by atoms with Gasteiger partial charge in [0.2, 0.25) is 0 Å². The summed E-state index contributed by atoms with van der Waals surface area (Å²) in [6.07, 6.45) is 4.09. The van der Waals surface area contributed by atoms with Crippen molar-refractivity contribution in [2.24, 2.45) is 5.92 Å². The Morgan fingerprint density at radius 2 is 2.16 bits per heavy atom. The predicted molar refractivity (Wildman–Crippen MR) is 78.9 cm³/mol. The van der Waals surface area contributed by atoms with E-state index < -0.39 is 16.8 Å². The summed E-state index contributed by atoms with van der Waals surface area (Å²) < 4.78 is 13.4. The summed E-state index contributed by atoms with van der Waals surface area (Å²) in [5.41, 5.74) is 0.153. The second-order valence-electron chi connectivity index (χ2n) is 5.14. The molecule has 0 aromatic heterocycles. The van der Waals surface area contributed by atoms with E-state index in [4.69, 9.17) is 0 Å². The SMILES string of the molecule is CC1CCCC(S(=O)c2cc(Br)ccc2C(=O)O)C1. The zero-order chi connectivity index (χ0) is 14.0. The van der Waals surface area contributed by atoms with E-state index in [9.17, 15) is 14.1 Å². The van der Waals surface area contributed by atoms with Gasteiger partial charge in [0, 0.05) is 9.72 Å². The third-order valence-corrected chi connectivity index (χ3v) is 5.88. The molecule has 0 spiro atoms. The molecule has 3 atom stereocenters. The molecule has 1 aliphatic rings. The summed E-state index contributed by atoms with van der Waals surface area (Å²) in [5, 5.41) is 9.29. The fraction of sp³-hybridized carbons (Fsp3) is 0.500. The van der Waals surface area contributed by atoms with Crippen LogP contribution in [-0.2, 0) is 10.8 Å². The molecular formula is C14H17BrO3S. The third-order valence-electron chi connectivity index (χ3n) is 3.58. The van der Waals surface area contributed by atoms with E-state index in [1.165, 1.54) is 12.5 Å². The van der Waals surface area contributed by atoms with Crippen molar-refractivity contribution in [3.63, 3.8) is 0 Å². The van der Waals surface area contributed by atoms with Crippen LogP contribution in [0.2, 0.25) is 0 Å². The summed E-state index contributed by atoms with van der Waals surface area (Å²) in [6.45, 7) is 2.17. The number of benzene rings is 1. The van der Waals surface area contributed by atoms with Gasteiger partial charge < -0.3 is 5.11 Å². The number of aromatic carboxylic acids is 1. The highest BCUT2D eigenvalue weighted by molar-refractivity contribution is 9.10. The van der Waals surface area contributed by atoms with E-state index in [0.29, 0.717) is 10.8 Å². The van der Waals surface area contributed by atoms with Crippen LogP contribution in [0.5, 0.6) is 0 Å². The first-order valence-electron chi connectivity index (χ1n) is 6.42. The van der Waals surface area contributed by atoms with Crippen molar-refractivity contribution in [3.8, 4) is 0 Å². The molecule has 1 N–H and O–H groups in total. The zero-order valence-electron chi connectivity index (χ0n) is 10.8. The lowest BCUT2D eigenvalue weighted by Crippen LogP contribution is -2.24. The van der Waals surface area contributed by atoms with Crippen molar-refractivity contribution >= 4 is 32.7 Å². The number of carboxylic acid groups (broad SMARTS) is 1. The molecule has 3 nitrogen and oxygen atoms in total. The standard InChI is InChI=1S/C14H17BrO3S/c1-9-3-2-4-11(7-9)19(18)13-8-10(15)5-6-12(13)14(16)17/h5-6,8-9,11H,2-4,7H2,1H3,(H,16,17). The first kappa shape index (κ1) is 14.7. The Morgan fingerprint density at radius 3 is 2.79 bits per heavy atom. The monoisotopic (exact) mass is 344 g/mol. The molecule has 0 bridgehead atoms. The maximum Gasteiger partial charge on any atom is 0.336 e. The average molecular weight is 345 g/mol. The maximum atomic E-state index is 12.6. The van der Waals surface area contributed by atoms with Gasteiger partial charge in [0.15, 0.2) is 0 Å².